The average Bonchev–Trinajstić information content (AvgIpc) is 2.77. The molecule has 7 heteroatoms. The van der Waals surface area contributed by atoms with Crippen molar-refractivity contribution in [3.05, 3.63) is 95.5 Å². The molecule has 3 aromatic rings. The van der Waals surface area contributed by atoms with Gasteiger partial charge in [-0.05, 0) is 54.8 Å². The number of amides is 1. The van der Waals surface area contributed by atoms with Crippen molar-refractivity contribution in [3.63, 3.8) is 0 Å². The molecule has 1 N–H and O–H groups in total. The normalized spacial score (nSPS) is 11.1. The molecule has 30 heavy (non-hydrogen) atoms. The molecule has 156 valence electrons. The Kier molecular flexibility index (Phi) is 7.49. The Morgan fingerprint density at radius 2 is 1.47 bits per heavy atom. The number of hydrogen-bond acceptors (Lipinski definition) is 3. The fourth-order valence-corrected chi connectivity index (χ4v) is 4.55. The maximum atomic E-state index is 13.1. The van der Waals surface area contributed by atoms with Gasteiger partial charge in [0.25, 0.3) is 10.0 Å². The number of para-hydroxylation sites is 1. The zero-order chi connectivity index (χ0) is 21.4. The van der Waals surface area contributed by atoms with Crippen LogP contribution in [0, 0.1) is 0 Å². The number of sulfonamides is 1. The number of anilines is 1. The molecule has 0 unspecified atom stereocenters. The van der Waals surface area contributed by atoms with E-state index in [2.05, 4.69) is 5.32 Å². The van der Waals surface area contributed by atoms with Gasteiger partial charge in [-0.15, -0.1) is 0 Å². The minimum absolute atomic E-state index is 0.143. The summed E-state index contributed by atoms with van der Waals surface area (Å²) in [5, 5.41) is 3.50. The van der Waals surface area contributed by atoms with E-state index in [1.165, 1.54) is 12.1 Å². The molecule has 0 heterocycles. The third-order valence-corrected chi connectivity index (χ3v) is 6.58. The van der Waals surface area contributed by atoms with Crippen LogP contribution in [0.15, 0.2) is 89.8 Å². The average molecular weight is 443 g/mol. The summed E-state index contributed by atoms with van der Waals surface area (Å²) in [4.78, 5) is 12.7. The first kappa shape index (κ1) is 21.9. The summed E-state index contributed by atoms with van der Waals surface area (Å²) in [5.41, 5.74) is 1.57. The van der Waals surface area contributed by atoms with Crippen LogP contribution in [0.5, 0.6) is 0 Å². The molecule has 1 amide bonds. The predicted octanol–water partition coefficient (Wildman–Crippen LogP) is 4.28. The Bertz CT molecular complexity index is 1060. The standard InChI is InChI=1S/C23H23ClN2O3S/c24-20-15-13-19(14-16-20)8-7-17-25-23(27)18-26(21-9-3-1-4-10-21)30(28,29)22-11-5-2-6-12-22/h1-6,9-16H,7-8,17-18H2,(H,25,27). The number of hydrogen-bond donors (Lipinski definition) is 1. The van der Waals surface area contributed by atoms with Crippen molar-refractivity contribution in [2.45, 2.75) is 17.7 Å². The van der Waals surface area contributed by atoms with Gasteiger partial charge >= 0.3 is 0 Å². The molecular formula is C23H23ClN2O3S. The molecule has 0 saturated heterocycles. The van der Waals surface area contributed by atoms with Crippen molar-refractivity contribution >= 4 is 33.2 Å². The van der Waals surface area contributed by atoms with Crippen LogP contribution in [0.3, 0.4) is 0 Å². The van der Waals surface area contributed by atoms with Crippen LogP contribution >= 0.6 is 11.6 Å². The number of nitrogens with one attached hydrogen (secondary N) is 1. The maximum Gasteiger partial charge on any atom is 0.264 e. The molecule has 0 saturated carbocycles. The summed E-state index contributed by atoms with van der Waals surface area (Å²) in [6.45, 7) is 0.164. The van der Waals surface area contributed by atoms with Crippen molar-refractivity contribution in [2.75, 3.05) is 17.4 Å². The number of rotatable bonds is 9. The van der Waals surface area contributed by atoms with Gasteiger partial charge in [0.1, 0.15) is 6.54 Å². The van der Waals surface area contributed by atoms with Gasteiger partial charge in [-0.2, -0.15) is 0 Å². The minimum atomic E-state index is -3.87. The first-order valence-corrected chi connectivity index (χ1v) is 11.4. The first-order chi connectivity index (χ1) is 14.5. The lowest BCUT2D eigenvalue weighted by molar-refractivity contribution is -0.119. The van der Waals surface area contributed by atoms with Crippen molar-refractivity contribution in [2.24, 2.45) is 0 Å². The Balaban J connectivity index is 1.64. The molecule has 0 fully saturated rings. The highest BCUT2D eigenvalue weighted by Gasteiger charge is 2.26. The summed E-state index contributed by atoms with van der Waals surface area (Å²) in [5.74, 6) is -0.352. The molecule has 5 nitrogen and oxygen atoms in total. The van der Waals surface area contributed by atoms with E-state index < -0.39 is 10.0 Å². The van der Waals surface area contributed by atoms with Crippen LogP contribution in [-0.4, -0.2) is 27.4 Å². The molecule has 0 aliphatic heterocycles. The topological polar surface area (TPSA) is 66.5 Å². The molecule has 0 aromatic heterocycles. The van der Waals surface area contributed by atoms with Crippen LogP contribution in [0.4, 0.5) is 5.69 Å². The monoisotopic (exact) mass is 442 g/mol. The molecule has 0 spiro atoms. The summed E-state index contributed by atoms with van der Waals surface area (Å²) in [6.07, 6.45) is 1.53. The molecule has 3 rings (SSSR count). The van der Waals surface area contributed by atoms with E-state index in [1.807, 2.05) is 24.3 Å². The second-order valence-electron chi connectivity index (χ2n) is 6.74. The third-order valence-electron chi connectivity index (χ3n) is 4.54. The smallest absolute Gasteiger partial charge is 0.264 e. The highest BCUT2D eigenvalue weighted by atomic mass is 35.5. The zero-order valence-electron chi connectivity index (χ0n) is 16.4. The minimum Gasteiger partial charge on any atom is -0.355 e. The first-order valence-electron chi connectivity index (χ1n) is 9.61. The fourth-order valence-electron chi connectivity index (χ4n) is 2.99. The number of carbonyl (C=O) groups excluding carboxylic acids is 1. The summed E-state index contributed by atoms with van der Waals surface area (Å²) in [7, 11) is -3.87. The van der Waals surface area contributed by atoms with Crippen LogP contribution in [0.25, 0.3) is 0 Å². The number of aryl methyl sites for hydroxylation is 1. The van der Waals surface area contributed by atoms with Crippen LogP contribution in [0.1, 0.15) is 12.0 Å². The van der Waals surface area contributed by atoms with Gasteiger partial charge in [0.15, 0.2) is 0 Å². The van der Waals surface area contributed by atoms with Gasteiger partial charge in [0.05, 0.1) is 10.6 Å². The van der Waals surface area contributed by atoms with E-state index in [0.29, 0.717) is 17.3 Å². The van der Waals surface area contributed by atoms with Crippen LogP contribution in [-0.2, 0) is 21.2 Å². The lowest BCUT2D eigenvalue weighted by Gasteiger charge is -2.24. The van der Waals surface area contributed by atoms with Crippen molar-refractivity contribution in [1.29, 1.82) is 0 Å². The molecule has 0 aliphatic carbocycles. The number of nitrogens with zero attached hydrogens (tertiary/aromatic N) is 1. The molecule has 3 aromatic carbocycles. The predicted molar refractivity (Wildman–Crippen MR) is 120 cm³/mol. The van der Waals surface area contributed by atoms with Crippen molar-refractivity contribution in [1.82, 2.24) is 5.32 Å². The van der Waals surface area contributed by atoms with Gasteiger partial charge in [-0.1, -0.05) is 60.1 Å². The van der Waals surface area contributed by atoms with E-state index in [1.54, 1.807) is 48.5 Å². The van der Waals surface area contributed by atoms with Crippen LogP contribution < -0.4 is 9.62 Å². The zero-order valence-corrected chi connectivity index (χ0v) is 17.9. The summed E-state index contributed by atoms with van der Waals surface area (Å²) in [6, 6.07) is 24.3. The highest BCUT2D eigenvalue weighted by Crippen LogP contribution is 2.23. The fraction of sp³-hybridized carbons (Fsp3) is 0.174. The molecule has 0 bridgehead atoms. The van der Waals surface area contributed by atoms with E-state index in [9.17, 15) is 13.2 Å². The van der Waals surface area contributed by atoms with Gasteiger partial charge in [-0.25, -0.2) is 8.42 Å². The van der Waals surface area contributed by atoms with E-state index >= 15 is 0 Å². The Hall–Kier alpha value is -2.83. The Morgan fingerprint density at radius 3 is 2.10 bits per heavy atom. The molecule has 0 atom stereocenters. The van der Waals surface area contributed by atoms with Crippen LogP contribution in [0.2, 0.25) is 5.02 Å². The molecule has 0 radical (unpaired) electrons. The van der Waals surface area contributed by atoms with E-state index in [0.717, 1.165) is 22.7 Å². The van der Waals surface area contributed by atoms with E-state index in [4.69, 9.17) is 11.6 Å². The summed E-state index contributed by atoms with van der Waals surface area (Å²) >= 11 is 5.88. The molecular weight excluding hydrogens is 420 g/mol. The van der Waals surface area contributed by atoms with Gasteiger partial charge in [0, 0.05) is 11.6 Å². The maximum absolute atomic E-state index is 13.1. The lowest BCUT2D eigenvalue weighted by atomic mass is 10.1. The lowest BCUT2D eigenvalue weighted by Crippen LogP contribution is -2.41. The Labute approximate surface area is 182 Å². The quantitative estimate of drug-likeness (QED) is 0.503. The SMILES string of the molecule is O=C(CN(c1ccccc1)S(=O)(=O)c1ccccc1)NCCCc1ccc(Cl)cc1. The second-order valence-corrected chi connectivity index (χ2v) is 9.04. The van der Waals surface area contributed by atoms with Gasteiger partial charge in [0.2, 0.25) is 5.91 Å². The number of halogens is 1. The number of carbonyl (C=O) groups is 1. The number of benzene rings is 3. The van der Waals surface area contributed by atoms with E-state index in [-0.39, 0.29) is 17.3 Å². The van der Waals surface area contributed by atoms with Gasteiger partial charge in [-0.3, -0.25) is 9.10 Å². The van der Waals surface area contributed by atoms with Gasteiger partial charge < -0.3 is 5.32 Å². The third kappa shape index (κ3) is 5.84. The largest absolute Gasteiger partial charge is 0.355 e. The summed E-state index contributed by atoms with van der Waals surface area (Å²) < 4.78 is 27.4. The van der Waals surface area contributed by atoms with Crippen molar-refractivity contribution < 1.29 is 13.2 Å². The second kappa shape index (κ2) is 10.3. The van der Waals surface area contributed by atoms with Crippen molar-refractivity contribution in [3.8, 4) is 0 Å². The molecule has 0 aliphatic rings. The highest BCUT2D eigenvalue weighted by molar-refractivity contribution is 7.92. The Morgan fingerprint density at radius 1 is 0.867 bits per heavy atom.